The fourth-order valence-electron chi connectivity index (χ4n) is 3.33. The number of halogens is 3. The predicted octanol–water partition coefficient (Wildman–Crippen LogP) is 5.37. The standard InChI is InChI=1S/C23H23F3N2O2/c1-21(2,3)23(29,19-12-27-15-28-13-19)18-8-4-16(5-9-18)17-6-10-20(11-7-17)30-14-22(24,25)26/h4-13,15,29H,14H2,1-3H3. The molecule has 0 fully saturated rings. The lowest BCUT2D eigenvalue weighted by atomic mass is 9.69. The topological polar surface area (TPSA) is 55.2 Å². The lowest BCUT2D eigenvalue weighted by molar-refractivity contribution is -0.153. The molecule has 0 saturated heterocycles. The van der Waals surface area contributed by atoms with E-state index in [-0.39, 0.29) is 5.75 Å². The van der Waals surface area contributed by atoms with Gasteiger partial charge >= 0.3 is 6.18 Å². The van der Waals surface area contributed by atoms with Gasteiger partial charge in [0.05, 0.1) is 0 Å². The maximum absolute atomic E-state index is 12.3. The van der Waals surface area contributed by atoms with Gasteiger partial charge in [0.15, 0.2) is 6.61 Å². The summed E-state index contributed by atoms with van der Waals surface area (Å²) in [7, 11) is 0. The maximum Gasteiger partial charge on any atom is 0.422 e. The molecule has 158 valence electrons. The fourth-order valence-corrected chi connectivity index (χ4v) is 3.33. The summed E-state index contributed by atoms with van der Waals surface area (Å²) < 4.78 is 41.6. The SMILES string of the molecule is CC(C)(C)C(O)(c1ccc(-c2ccc(OCC(F)(F)F)cc2)cc1)c1cncnc1. The number of hydrogen-bond donors (Lipinski definition) is 1. The normalized spacial score (nSPS) is 14.2. The molecule has 0 aliphatic heterocycles. The number of aliphatic hydroxyl groups is 1. The molecule has 3 aromatic rings. The van der Waals surface area contributed by atoms with Crippen molar-refractivity contribution in [2.45, 2.75) is 32.5 Å². The third-order valence-corrected chi connectivity index (χ3v) is 4.96. The molecule has 0 aliphatic carbocycles. The second-order valence-corrected chi connectivity index (χ2v) is 8.09. The van der Waals surface area contributed by atoms with E-state index in [0.29, 0.717) is 11.1 Å². The first-order chi connectivity index (χ1) is 14.0. The van der Waals surface area contributed by atoms with E-state index in [4.69, 9.17) is 4.74 Å². The van der Waals surface area contributed by atoms with Gasteiger partial charge < -0.3 is 9.84 Å². The van der Waals surface area contributed by atoms with Gasteiger partial charge in [-0.2, -0.15) is 13.2 Å². The minimum Gasteiger partial charge on any atom is -0.484 e. The van der Waals surface area contributed by atoms with Crippen LogP contribution in [0.15, 0.2) is 67.3 Å². The molecule has 0 bridgehead atoms. The predicted molar refractivity (Wildman–Crippen MR) is 108 cm³/mol. The molecule has 3 rings (SSSR count). The summed E-state index contributed by atoms with van der Waals surface area (Å²) >= 11 is 0. The molecule has 0 spiro atoms. The summed E-state index contributed by atoms with van der Waals surface area (Å²) in [6.45, 7) is 4.49. The van der Waals surface area contributed by atoms with Crippen molar-refractivity contribution in [2.24, 2.45) is 5.41 Å². The van der Waals surface area contributed by atoms with Crippen LogP contribution in [0.3, 0.4) is 0 Å². The molecule has 0 radical (unpaired) electrons. The minimum absolute atomic E-state index is 0.152. The first kappa shape index (κ1) is 21.8. The molecule has 1 unspecified atom stereocenters. The monoisotopic (exact) mass is 416 g/mol. The molecular formula is C23H23F3N2O2. The highest BCUT2D eigenvalue weighted by Gasteiger charge is 2.43. The number of aromatic nitrogens is 2. The molecule has 0 saturated carbocycles. The van der Waals surface area contributed by atoms with Crippen LogP contribution < -0.4 is 4.74 Å². The lowest BCUT2D eigenvalue weighted by Crippen LogP contribution is -2.41. The molecular weight excluding hydrogens is 393 g/mol. The quantitative estimate of drug-likeness (QED) is 0.608. The number of ether oxygens (including phenoxy) is 1. The van der Waals surface area contributed by atoms with E-state index in [0.717, 1.165) is 11.1 Å². The van der Waals surface area contributed by atoms with Crippen LogP contribution in [-0.4, -0.2) is 27.9 Å². The van der Waals surface area contributed by atoms with Crippen molar-refractivity contribution in [1.29, 1.82) is 0 Å². The Labute approximate surface area is 173 Å². The Balaban J connectivity index is 1.86. The fraction of sp³-hybridized carbons (Fsp3) is 0.304. The van der Waals surface area contributed by atoms with Crippen molar-refractivity contribution in [3.05, 3.63) is 78.4 Å². The van der Waals surface area contributed by atoms with E-state index in [1.54, 1.807) is 24.5 Å². The van der Waals surface area contributed by atoms with Gasteiger partial charge in [-0.3, -0.25) is 0 Å². The van der Waals surface area contributed by atoms with Crippen LogP contribution in [0.2, 0.25) is 0 Å². The first-order valence-corrected chi connectivity index (χ1v) is 9.39. The van der Waals surface area contributed by atoms with Crippen LogP contribution in [-0.2, 0) is 5.60 Å². The van der Waals surface area contributed by atoms with Crippen molar-refractivity contribution >= 4 is 0 Å². The molecule has 0 amide bonds. The maximum atomic E-state index is 12.3. The largest absolute Gasteiger partial charge is 0.484 e. The zero-order chi connectivity index (χ0) is 22.0. The molecule has 1 atom stereocenters. The van der Waals surface area contributed by atoms with Crippen LogP contribution in [0, 0.1) is 5.41 Å². The van der Waals surface area contributed by atoms with Gasteiger partial charge in [0.25, 0.3) is 0 Å². The van der Waals surface area contributed by atoms with Gasteiger partial charge in [0.2, 0.25) is 0 Å². The Morgan fingerprint density at radius 3 is 1.77 bits per heavy atom. The zero-order valence-corrected chi connectivity index (χ0v) is 16.9. The van der Waals surface area contributed by atoms with Gasteiger partial charge in [-0.1, -0.05) is 57.2 Å². The van der Waals surface area contributed by atoms with E-state index in [9.17, 15) is 18.3 Å². The summed E-state index contributed by atoms with van der Waals surface area (Å²) in [6, 6.07) is 13.8. The van der Waals surface area contributed by atoms with Gasteiger partial charge in [-0.25, -0.2) is 9.97 Å². The second-order valence-electron chi connectivity index (χ2n) is 8.09. The summed E-state index contributed by atoms with van der Waals surface area (Å²) in [5.41, 5.74) is 1.14. The number of rotatable bonds is 5. The second kappa shape index (κ2) is 8.07. The van der Waals surface area contributed by atoms with Crippen molar-refractivity contribution in [1.82, 2.24) is 9.97 Å². The van der Waals surface area contributed by atoms with E-state index in [1.807, 2.05) is 45.0 Å². The van der Waals surface area contributed by atoms with Crippen molar-refractivity contribution in [3.63, 3.8) is 0 Å². The zero-order valence-electron chi connectivity index (χ0n) is 16.9. The number of alkyl halides is 3. The molecule has 1 heterocycles. The van der Waals surface area contributed by atoms with Crippen molar-refractivity contribution in [2.75, 3.05) is 6.61 Å². The van der Waals surface area contributed by atoms with Crippen LogP contribution >= 0.6 is 0 Å². The smallest absolute Gasteiger partial charge is 0.422 e. The van der Waals surface area contributed by atoms with Gasteiger partial charge in [0.1, 0.15) is 17.7 Å². The highest BCUT2D eigenvalue weighted by molar-refractivity contribution is 5.65. The molecule has 1 aromatic heterocycles. The Hall–Kier alpha value is -2.93. The van der Waals surface area contributed by atoms with Crippen LogP contribution in [0.4, 0.5) is 13.2 Å². The third-order valence-electron chi connectivity index (χ3n) is 4.96. The highest BCUT2D eigenvalue weighted by Crippen LogP contribution is 2.44. The third kappa shape index (κ3) is 4.62. The average molecular weight is 416 g/mol. The number of hydrogen-bond acceptors (Lipinski definition) is 4. The highest BCUT2D eigenvalue weighted by atomic mass is 19.4. The average Bonchev–Trinajstić information content (AvgIpc) is 2.71. The number of nitrogens with zero attached hydrogens (tertiary/aromatic N) is 2. The molecule has 0 aliphatic rings. The molecule has 1 N–H and O–H groups in total. The van der Waals surface area contributed by atoms with Crippen molar-refractivity contribution < 1.29 is 23.0 Å². The van der Waals surface area contributed by atoms with Crippen LogP contribution in [0.25, 0.3) is 11.1 Å². The van der Waals surface area contributed by atoms with E-state index < -0.39 is 23.8 Å². The van der Waals surface area contributed by atoms with Gasteiger partial charge in [-0.15, -0.1) is 0 Å². The lowest BCUT2D eigenvalue weighted by Gasteiger charge is -2.40. The van der Waals surface area contributed by atoms with Gasteiger partial charge in [-0.05, 0) is 34.2 Å². The Morgan fingerprint density at radius 2 is 1.30 bits per heavy atom. The number of benzene rings is 2. The Morgan fingerprint density at radius 1 is 0.800 bits per heavy atom. The molecule has 7 heteroatoms. The van der Waals surface area contributed by atoms with E-state index >= 15 is 0 Å². The summed E-state index contributed by atoms with van der Waals surface area (Å²) in [4.78, 5) is 8.08. The van der Waals surface area contributed by atoms with Crippen LogP contribution in [0.1, 0.15) is 31.9 Å². The summed E-state index contributed by atoms with van der Waals surface area (Å²) in [5, 5.41) is 11.6. The van der Waals surface area contributed by atoms with E-state index in [2.05, 4.69) is 9.97 Å². The summed E-state index contributed by atoms with van der Waals surface area (Å²) in [6.07, 6.45) is 0.248. The van der Waals surface area contributed by atoms with Gasteiger partial charge in [0, 0.05) is 18.0 Å². The Kier molecular flexibility index (Phi) is 5.85. The summed E-state index contributed by atoms with van der Waals surface area (Å²) in [5.74, 6) is 0.152. The van der Waals surface area contributed by atoms with Crippen molar-refractivity contribution in [3.8, 4) is 16.9 Å². The molecule has 4 nitrogen and oxygen atoms in total. The van der Waals surface area contributed by atoms with Crippen LogP contribution in [0.5, 0.6) is 5.75 Å². The molecule has 30 heavy (non-hydrogen) atoms. The minimum atomic E-state index is -4.37. The van der Waals surface area contributed by atoms with E-state index in [1.165, 1.54) is 18.5 Å². The molecule has 2 aromatic carbocycles. The first-order valence-electron chi connectivity index (χ1n) is 9.39. The Bertz CT molecular complexity index is 967.